The molecular weight excluding hydrogens is 391 g/mol. The fourth-order valence-corrected chi connectivity index (χ4v) is 5.03. The van der Waals surface area contributed by atoms with Gasteiger partial charge in [-0.1, -0.05) is 18.5 Å². The molecule has 2 aromatic heterocycles. The Morgan fingerprint density at radius 3 is 2.78 bits per heavy atom. The molecule has 0 radical (unpaired) electrons. The topological polar surface area (TPSA) is 79.0 Å². The first-order valence-electron chi connectivity index (χ1n) is 8.73. The molecule has 4 rings (SSSR count). The van der Waals surface area contributed by atoms with Crippen molar-refractivity contribution in [3.8, 4) is 0 Å². The second-order valence-electron chi connectivity index (χ2n) is 6.65. The predicted octanol–water partition coefficient (Wildman–Crippen LogP) is 4.51. The number of aromatic nitrogens is 3. The van der Waals surface area contributed by atoms with Gasteiger partial charge in [-0.05, 0) is 43.5 Å². The molecule has 0 bridgehead atoms. The highest BCUT2D eigenvalue weighted by Gasteiger charge is 2.30. The standard InChI is InChI=1S/C18H18ClFN4O2S/c1-2-7-27(25,26)24(16-6-5-12(20)8-15(16)19)13-9-14-17(11-3-4-11)22-23-18(14)21-10-13/h5-6,8-11H,2-4,7H2,1H3,(H,21,22,23). The Balaban J connectivity index is 1.90. The van der Waals surface area contributed by atoms with Gasteiger partial charge in [0, 0.05) is 17.0 Å². The van der Waals surface area contributed by atoms with Crippen LogP contribution in [0.4, 0.5) is 15.8 Å². The second kappa shape index (κ2) is 6.76. The summed E-state index contributed by atoms with van der Waals surface area (Å²) in [5.74, 6) is -0.197. The number of sulfonamides is 1. The van der Waals surface area contributed by atoms with E-state index in [-0.39, 0.29) is 16.5 Å². The quantitative estimate of drug-likeness (QED) is 0.651. The van der Waals surface area contributed by atoms with Gasteiger partial charge < -0.3 is 0 Å². The average Bonchev–Trinajstić information content (AvgIpc) is 3.36. The van der Waals surface area contributed by atoms with Gasteiger partial charge in [0.1, 0.15) is 5.82 Å². The number of pyridine rings is 1. The minimum atomic E-state index is -3.73. The fourth-order valence-electron chi connectivity index (χ4n) is 3.15. The molecule has 1 aromatic carbocycles. The van der Waals surface area contributed by atoms with Gasteiger partial charge in [0.2, 0.25) is 10.0 Å². The van der Waals surface area contributed by atoms with Gasteiger partial charge in [0.15, 0.2) is 5.65 Å². The summed E-state index contributed by atoms with van der Waals surface area (Å²) in [4.78, 5) is 4.31. The van der Waals surface area contributed by atoms with Gasteiger partial charge in [-0.2, -0.15) is 5.10 Å². The summed E-state index contributed by atoms with van der Waals surface area (Å²) in [6.07, 6.45) is 4.03. The molecule has 0 amide bonds. The van der Waals surface area contributed by atoms with Crippen LogP contribution in [0, 0.1) is 5.82 Å². The van der Waals surface area contributed by atoms with Gasteiger partial charge in [0.25, 0.3) is 0 Å². The largest absolute Gasteiger partial charge is 0.279 e. The molecule has 3 aromatic rings. The van der Waals surface area contributed by atoms with Crippen molar-refractivity contribution in [2.45, 2.75) is 32.1 Å². The highest BCUT2D eigenvalue weighted by Crippen LogP contribution is 2.43. The molecular formula is C18H18ClFN4O2S. The van der Waals surface area contributed by atoms with Crippen molar-refractivity contribution in [1.29, 1.82) is 0 Å². The molecule has 1 aliphatic rings. The normalized spacial score (nSPS) is 14.6. The highest BCUT2D eigenvalue weighted by atomic mass is 35.5. The zero-order valence-corrected chi connectivity index (χ0v) is 16.2. The minimum absolute atomic E-state index is 0.0179. The van der Waals surface area contributed by atoms with Crippen LogP contribution in [0.1, 0.15) is 37.8 Å². The van der Waals surface area contributed by atoms with Crippen molar-refractivity contribution in [3.05, 3.63) is 47.0 Å². The number of halogens is 2. The third-order valence-corrected chi connectivity index (χ3v) is 6.70. The number of aromatic amines is 1. The van der Waals surface area contributed by atoms with Crippen LogP contribution in [0.3, 0.4) is 0 Å². The lowest BCUT2D eigenvalue weighted by Crippen LogP contribution is -2.29. The van der Waals surface area contributed by atoms with E-state index in [1.165, 1.54) is 18.3 Å². The number of hydrogen-bond acceptors (Lipinski definition) is 4. The van der Waals surface area contributed by atoms with E-state index in [1.807, 2.05) is 0 Å². The number of anilines is 2. The molecule has 0 aliphatic heterocycles. The Bertz CT molecular complexity index is 1110. The van der Waals surface area contributed by atoms with Gasteiger partial charge >= 0.3 is 0 Å². The summed E-state index contributed by atoms with van der Waals surface area (Å²) in [6.45, 7) is 1.78. The van der Waals surface area contributed by atoms with Crippen LogP contribution in [-0.2, 0) is 10.0 Å². The van der Waals surface area contributed by atoms with Gasteiger partial charge in [0.05, 0.1) is 28.3 Å². The number of nitrogens with one attached hydrogen (secondary N) is 1. The fraction of sp³-hybridized carbons (Fsp3) is 0.333. The molecule has 0 unspecified atom stereocenters. The van der Waals surface area contributed by atoms with Crippen molar-refractivity contribution in [2.24, 2.45) is 0 Å². The Hall–Kier alpha value is -2.19. The summed E-state index contributed by atoms with van der Waals surface area (Å²) in [7, 11) is -3.73. The zero-order valence-electron chi connectivity index (χ0n) is 14.6. The van der Waals surface area contributed by atoms with E-state index in [1.54, 1.807) is 13.0 Å². The minimum Gasteiger partial charge on any atom is -0.279 e. The maximum Gasteiger partial charge on any atom is 0.239 e. The molecule has 27 heavy (non-hydrogen) atoms. The average molecular weight is 409 g/mol. The van der Waals surface area contributed by atoms with Crippen LogP contribution in [0.5, 0.6) is 0 Å². The Labute approximate surface area is 161 Å². The number of nitrogens with zero attached hydrogens (tertiary/aromatic N) is 3. The maximum absolute atomic E-state index is 13.5. The molecule has 142 valence electrons. The van der Waals surface area contributed by atoms with Crippen molar-refractivity contribution in [1.82, 2.24) is 15.2 Å². The van der Waals surface area contributed by atoms with Gasteiger partial charge in [-0.15, -0.1) is 0 Å². The summed E-state index contributed by atoms with van der Waals surface area (Å²) in [5.41, 5.74) is 2.06. The molecule has 0 spiro atoms. The van der Waals surface area contributed by atoms with Crippen LogP contribution in [0.15, 0.2) is 30.5 Å². The summed E-state index contributed by atoms with van der Waals surface area (Å²) < 4.78 is 40.6. The lowest BCUT2D eigenvalue weighted by Gasteiger charge is -2.25. The summed E-state index contributed by atoms with van der Waals surface area (Å²) in [6, 6.07) is 5.42. The van der Waals surface area contributed by atoms with E-state index < -0.39 is 15.8 Å². The first-order chi connectivity index (χ1) is 12.9. The number of hydrogen-bond donors (Lipinski definition) is 1. The Morgan fingerprint density at radius 1 is 1.33 bits per heavy atom. The maximum atomic E-state index is 13.5. The van der Waals surface area contributed by atoms with Crippen molar-refractivity contribution in [2.75, 3.05) is 10.1 Å². The van der Waals surface area contributed by atoms with Crippen LogP contribution in [-0.4, -0.2) is 29.4 Å². The smallest absolute Gasteiger partial charge is 0.239 e. The summed E-state index contributed by atoms with van der Waals surface area (Å²) >= 11 is 6.18. The SMILES string of the molecule is CCCS(=O)(=O)N(c1cnc2n[nH]c(C3CC3)c2c1)c1ccc(F)cc1Cl. The third-order valence-electron chi connectivity index (χ3n) is 4.51. The first-order valence-corrected chi connectivity index (χ1v) is 10.7. The van der Waals surface area contributed by atoms with Crippen molar-refractivity contribution < 1.29 is 12.8 Å². The van der Waals surface area contributed by atoms with Gasteiger partial charge in [-0.25, -0.2) is 22.1 Å². The molecule has 9 heteroatoms. The van der Waals surface area contributed by atoms with Crippen molar-refractivity contribution >= 4 is 44.0 Å². The molecule has 1 aliphatic carbocycles. The number of rotatable bonds is 6. The van der Waals surface area contributed by atoms with Crippen LogP contribution < -0.4 is 4.31 Å². The zero-order chi connectivity index (χ0) is 19.2. The van der Waals surface area contributed by atoms with E-state index in [9.17, 15) is 12.8 Å². The molecule has 6 nitrogen and oxygen atoms in total. The molecule has 0 atom stereocenters. The van der Waals surface area contributed by atoms with E-state index >= 15 is 0 Å². The molecule has 1 fully saturated rings. The van der Waals surface area contributed by atoms with Crippen LogP contribution in [0.2, 0.25) is 5.02 Å². The molecule has 0 saturated heterocycles. The molecule has 1 saturated carbocycles. The lowest BCUT2D eigenvalue weighted by molar-refractivity contribution is 0.594. The molecule has 2 heterocycles. The third kappa shape index (κ3) is 3.39. The number of fused-ring (bicyclic) bond motifs is 1. The van der Waals surface area contributed by atoms with E-state index in [2.05, 4.69) is 15.2 Å². The van der Waals surface area contributed by atoms with E-state index in [4.69, 9.17) is 11.6 Å². The Morgan fingerprint density at radius 2 is 2.11 bits per heavy atom. The second-order valence-corrected chi connectivity index (χ2v) is 9.00. The van der Waals surface area contributed by atoms with Crippen molar-refractivity contribution in [3.63, 3.8) is 0 Å². The summed E-state index contributed by atoms with van der Waals surface area (Å²) in [5, 5.41) is 8.02. The predicted molar refractivity (Wildman–Crippen MR) is 103 cm³/mol. The van der Waals surface area contributed by atoms with Crippen LogP contribution >= 0.6 is 11.6 Å². The highest BCUT2D eigenvalue weighted by molar-refractivity contribution is 7.93. The Kier molecular flexibility index (Phi) is 4.55. The lowest BCUT2D eigenvalue weighted by atomic mass is 10.2. The number of benzene rings is 1. The number of H-pyrrole nitrogens is 1. The van der Waals surface area contributed by atoms with Crippen LogP contribution in [0.25, 0.3) is 11.0 Å². The van der Waals surface area contributed by atoms with Gasteiger partial charge in [-0.3, -0.25) is 5.10 Å². The first kappa shape index (κ1) is 18.2. The molecule has 1 N–H and O–H groups in total. The van der Waals surface area contributed by atoms with E-state index in [0.717, 1.165) is 34.3 Å². The van der Waals surface area contributed by atoms with E-state index in [0.29, 0.717) is 23.7 Å². The monoisotopic (exact) mass is 408 g/mol.